The summed E-state index contributed by atoms with van der Waals surface area (Å²) < 4.78 is 0.990. The summed E-state index contributed by atoms with van der Waals surface area (Å²) in [6, 6.07) is 14.0. The maximum atomic E-state index is 6.19. The summed E-state index contributed by atoms with van der Waals surface area (Å²) in [6.45, 7) is 2.83. The lowest BCUT2D eigenvalue weighted by Gasteiger charge is -2.15. The third-order valence-corrected chi connectivity index (χ3v) is 4.04. The molecule has 2 aromatic rings. The van der Waals surface area contributed by atoms with Crippen LogP contribution in [0.5, 0.6) is 0 Å². The zero-order chi connectivity index (χ0) is 13.8. The quantitative estimate of drug-likeness (QED) is 0.749. The van der Waals surface area contributed by atoms with Gasteiger partial charge >= 0.3 is 0 Å². The van der Waals surface area contributed by atoms with Crippen molar-refractivity contribution in [1.82, 2.24) is 5.32 Å². The first-order chi connectivity index (χ1) is 9.06. The van der Waals surface area contributed by atoms with Gasteiger partial charge in [0.25, 0.3) is 0 Å². The van der Waals surface area contributed by atoms with E-state index in [1.165, 1.54) is 5.56 Å². The van der Waals surface area contributed by atoms with Gasteiger partial charge in [0.1, 0.15) is 0 Å². The highest BCUT2D eigenvalue weighted by molar-refractivity contribution is 9.10. The third-order valence-electron chi connectivity index (χ3n) is 2.96. The normalized spacial score (nSPS) is 12.4. The van der Waals surface area contributed by atoms with Crippen LogP contribution in [0.25, 0.3) is 0 Å². The summed E-state index contributed by atoms with van der Waals surface area (Å²) in [5.74, 6) is 0. The molecule has 100 valence electrons. The van der Waals surface area contributed by atoms with Gasteiger partial charge in [0, 0.05) is 27.1 Å². The summed E-state index contributed by atoms with van der Waals surface area (Å²) in [5.41, 5.74) is 2.25. The molecular weight excluding hydrogens is 345 g/mol. The number of halogens is 3. The highest BCUT2D eigenvalue weighted by atomic mass is 79.9. The van der Waals surface area contributed by atoms with Gasteiger partial charge in [0.05, 0.1) is 0 Å². The van der Waals surface area contributed by atoms with Gasteiger partial charge in [0.2, 0.25) is 0 Å². The predicted octanol–water partition coefficient (Wildman–Crippen LogP) is 5.61. The molecule has 0 bridgehead atoms. The molecule has 0 aliphatic carbocycles. The van der Waals surface area contributed by atoms with Crippen LogP contribution in [-0.4, -0.2) is 0 Å². The van der Waals surface area contributed by atoms with Crippen LogP contribution in [-0.2, 0) is 6.54 Å². The second kappa shape index (κ2) is 6.76. The summed E-state index contributed by atoms with van der Waals surface area (Å²) in [4.78, 5) is 0. The lowest BCUT2D eigenvalue weighted by atomic mass is 10.1. The van der Waals surface area contributed by atoms with Crippen LogP contribution in [0.15, 0.2) is 46.9 Å². The molecule has 1 unspecified atom stereocenters. The average Bonchev–Trinajstić information content (AvgIpc) is 2.37. The van der Waals surface area contributed by atoms with Crippen molar-refractivity contribution in [2.24, 2.45) is 0 Å². The molecule has 0 aliphatic heterocycles. The van der Waals surface area contributed by atoms with Crippen molar-refractivity contribution in [3.8, 4) is 0 Å². The zero-order valence-electron chi connectivity index (χ0n) is 10.5. The first kappa shape index (κ1) is 14.9. The highest BCUT2D eigenvalue weighted by Gasteiger charge is 2.07. The predicted molar refractivity (Wildman–Crippen MR) is 85.9 cm³/mol. The summed E-state index contributed by atoms with van der Waals surface area (Å²) in [5, 5.41) is 4.97. The topological polar surface area (TPSA) is 12.0 Å². The monoisotopic (exact) mass is 357 g/mol. The van der Waals surface area contributed by atoms with Gasteiger partial charge in [-0.2, -0.15) is 0 Å². The third kappa shape index (κ3) is 4.22. The Labute approximate surface area is 132 Å². The molecule has 1 atom stereocenters. The van der Waals surface area contributed by atoms with E-state index in [1.807, 2.05) is 36.4 Å². The molecule has 2 rings (SSSR count). The standard InChI is InChI=1S/C15H14BrCl2N/c1-10(11-3-2-4-14(17)7-11)19-9-12-5-6-13(16)8-15(12)18/h2-8,10,19H,9H2,1H3. The molecule has 2 aromatic carbocycles. The Bertz CT molecular complexity index is 572. The number of hydrogen-bond acceptors (Lipinski definition) is 1. The Morgan fingerprint density at radius 2 is 1.95 bits per heavy atom. The van der Waals surface area contributed by atoms with Crippen molar-refractivity contribution in [2.75, 3.05) is 0 Å². The van der Waals surface area contributed by atoms with Crippen molar-refractivity contribution < 1.29 is 0 Å². The smallest absolute Gasteiger partial charge is 0.0462 e. The fourth-order valence-corrected chi connectivity index (χ4v) is 2.76. The first-order valence-electron chi connectivity index (χ1n) is 5.99. The van der Waals surface area contributed by atoms with Crippen molar-refractivity contribution in [2.45, 2.75) is 19.5 Å². The van der Waals surface area contributed by atoms with Crippen LogP contribution in [0, 0.1) is 0 Å². The summed E-state index contributed by atoms with van der Waals surface area (Å²) in [7, 11) is 0. The van der Waals surface area contributed by atoms with Crippen LogP contribution in [0.4, 0.5) is 0 Å². The largest absolute Gasteiger partial charge is 0.306 e. The molecule has 4 heteroatoms. The van der Waals surface area contributed by atoms with E-state index in [9.17, 15) is 0 Å². The van der Waals surface area contributed by atoms with Gasteiger partial charge in [-0.3, -0.25) is 0 Å². The second-order valence-corrected chi connectivity index (χ2v) is 6.15. The number of rotatable bonds is 4. The van der Waals surface area contributed by atoms with E-state index in [4.69, 9.17) is 23.2 Å². The van der Waals surface area contributed by atoms with Crippen molar-refractivity contribution in [1.29, 1.82) is 0 Å². The van der Waals surface area contributed by atoms with Crippen LogP contribution in [0.3, 0.4) is 0 Å². The SMILES string of the molecule is CC(NCc1ccc(Br)cc1Cl)c1cccc(Cl)c1. The Hall–Kier alpha value is -0.540. The molecule has 0 fully saturated rings. The summed E-state index contributed by atoms with van der Waals surface area (Å²) in [6.07, 6.45) is 0. The minimum Gasteiger partial charge on any atom is -0.306 e. The van der Waals surface area contributed by atoms with E-state index in [1.54, 1.807) is 0 Å². The molecule has 0 heterocycles. The molecule has 0 amide bonds. The van der Waals surface area contributed by atoms with Gasteiger partial charge in [-0.15, -0.1) is 0 Å². The molecule has 1 N–H and O–H groups in total. The molecule has 0 aromatic heterocycles. The maximum absolute atomic E-state index is 6.19. The van der Waals surface area contributed by atoms with Crippen molar-refractivity contribution in [3.63, 3.8) is 0 Å². The fraction of sp³-hybridized carbons (Fsp3) is 0.200. The first-order valence-corrected chi connectivity index (χ1v) is 7.54. The highest BCUT2D eigenvalue weighted by Crippen LogP contribution is 2.23. The molecule has 1 nitrogen and oxygen atoms in total. The molecule has 0 aliphatic rings. The van der Waals surface area contributed by atoms with Gasteiger partial charge < -0.3 is 5.32 Å². The Kier molecular flexibility index (Phi) is 5.28. The Morgan fingerprint density at radius 3 is 2.63 bits per heavy atom. The van der Waals surface area contributed by atoms with E-state index < -0.39 is 0 Å². The number of nitrogens with one attached hydrogen (secondary N) is 1. The van der Waals surface area contributed by atoms with E-state index in [0.29, 0.717) is 0 Å². The van der Waals surface area contributed by atoms with E-state index in [0.717, 1.165) is 26.6 Å². The maximum Gasteiger partial charge on any atom is 0.0462 e. The minimum atomic E-state index is 0.221. The van der Waals surface area contributed by atoms with E-state index in [-0.39, 0.29) is 6.04 Å². The number of hydrogen-bond donors (Lipinski definition) is 1. The van der Waals surface area contributed by atoms with Crippen molar-refractivity contribution in [3.05, 3.63) is 68.1 Å². The molecule has 0 saturated heterocycles. The average molecular weight is 359 g/mol. The zero-order valence-corrected chi connectivity index (χ0v) is 13.6. The fourth-order valence-electron chi connectivity index (χ4n) is 1.82. The Balaban J connectivity index is 2.02. The molecular formula is C15H14BrCl2N. The molecule has 0 saturated carbocycles. The Morgan fingerprint density at radius 1 is 1.16 bits per heavy atom. The minimum absolute atomic E-state index is 0.221. The van der Waals surface area contributed by atoms with Crippen molar-refractivity contribution >= 4 is 39.1 Å². The van der Waals surface area contributed by atoms with E-state index in [2.05, 4.69) is 34.2 Å². The van der Waals surface area contributed by atoms with Gasteiger partial charge in [-0.05, 0) is 42.3 Å². The van der Waals surface area contributed by atoms with Gasteiger partial charge in [-0.25, -0.2) is 0 Å². The van der Waals surface area contributed by atoms with Gasteiger partial charge in [-0.1, -0.05) is 57.3 Å². The molecule has 0 spiro atoms. The van der Waals surface area contributed by atoms with Crippen LogP contribution in [0.2, 0.25) is 10.0 Å². The summed E-state index contributed by atoms with van der Waals surface area (Å²) >= 11 is 15.6. The van der Waals surface area contributed by atoms with Crippen LogP contribution in [0.1, 0.15) is 24.1 Å². The lowest BCUT2D eigenvalue weighted by Crippen LogP contribution is -2.18. The molecule has 0 radical (unpaired) electrons. The van der Waals surface area contributed by atoms with Crippen LogP contribution >= 0.6 is 39.1 Å². The lowest BCUT2D eigenvalue weighted by molar-refractivity contribution is 0.575. The van der Waals surface area contributed by atoms with E-state index >= 15 is 0 Å². The molecule has 19 heavy (non-hydrogen) atoms. The number of benzene rings is 2. The van der Waals surface area contributed by atoms with Crippen LogP contribution < -0.4 is 5.32 Å². The van der Waals surface area contributed by atoms with Gasteiger partial charge in [0.15, 0.2) is 0 Å². The second-order valence-electron chi connectivity index (χ2n) is 4.39.